The standard InChI is InChI=1S/C20H22N4O4/c1-27-16-4-3-13(8-21-16)14-7-15(24-6-5-12(9-24)10-25)17(20(26)28-2)19-18(14)22-11-23-19/h3-4,7-8,11-12,25H,5-6,9-10H2,1-2H3,(H,22,23)/t12-/m0/s1. The molecule has 146 valence electrons. The molecule has 4 rings (SSSR count). The Kier molecular flexibility index (Phi) is 4.87. The smallest absolute Gasteiger partial charge is 0.342 e. The number of pyridine rings is 1. The van der Waals surface area contributed by atoms with E-state index >= 15 is 0 Å². The zero-order chi connectivity index (χ0) is 19.7. The van der Waals surface area contributed by atoms with Gasteiger partial charge in [-0.05, 0) is 18.6 Å². The normalized spacial score (nSPS) is 16.5. The zero-order valence-electron chi connectivity index (χ0n) is 15.8. The van der Waals surface area contributed by atoms with Gasteiger partial charge in [0.25, 0.3) is 0 Å². The topological polar surface area (TPSA) is 101 Å². The van der Waals surface area contributed by atoms with Gasteiger partial charge in [0.2, 0.25) is 5.88 Å². The van der Waals surface area contributed by atoms with Crippen LogP contribution in [0.3, 0.4) is 0 Å². The van der Waals surface area contributed by atoms with Crippen LogP contribution < -0.4 is 9.64 Å². The van der Waals surface area contributed by atoms with E-state index in [2.05, 4.69) is 19.9 Å². The van der Waals surface area contributed by atoms with Gasteiger partial charge in [-0.25, -0.2) is 14.8 Å². The quantitative estimate of drug-likeness (QED) is 0.653. The van der Waals surface area contributed by atoms with Crippen molar-refractivity contribution in [2.75, 3.05) is 38.8 Å². The summed E-state index contributed by atoms with van der Waals surface area (Å²) in [6.07, 6.45) is 4.17. The zero-order valence-corrected chi connectivity index (χ0v) is 15.8. The number of hydrogen-bond donors (Lipinski definition) is 2. The Bertz CT molecular complexity index is 999. The Morgan fingerprint density at radius 3 is 2.86 bits per heavy atom. The number of aliphatic hydroxyl groups is 1. The van der Waals surface area contributed by atoms with Crippen LogP contribution >= 0.6 is 0 Å². The number of aromatic amines is 1. The number of imidazole rings is 1. The second-order valence-electron chi connectivity index (χ2n) is 6.81. The third kappa shape index (κ3) is 3.05. The van der Waals surface area contributed by atoms with Crippen molar-refractivity contribution >= 4 is 22.7 Å². The van der Waals surface area contributed by atoms with E-state index in [1.165, 1.54) is 7.11 Å². The highest BCUT2D eigenvalue weighted by atomic mass is 16.5. The Hall–Kier alpha value is -3.13. The first-order valence-corrected chi connectivity index (χ1v) is 9.10. The molecule has 8 nitrogen and oxygen atoms in total. The molecule has 0 spiro atoms. The van der Waals surface area contributed by atoms with E-state index in [1.54, 1.807) is 25.7 Å². The van der Waals surface area contributed by atoms with Crippen LogP contribution in [0.25, 0.3) is 22.2 Å². The SMILES string of the molecule is COC(=O)c1c(N2CC[C@H](CO)C2)cc(-c2ccc(OC)nc2)c2nc[nH]c12. The highest BCUT2D eigenvalue weighted by molar-refractivity contribution is 6.11. The highest BCUT2D eigenvalue weighted by Crippen LogP contribution is 2.38. The first-order chi connectivity index (χ1) is 13.7. The van der Waals surface area contributed by atoms with E-state index < -0.39 is 5.97 Å². The van der Waals surface area contributed by atoms with Crippen LogP contribution in [0.4, 0.5) is 5.69 Å². The van der Waals surface area contributed by atoms with Crippen molar-refractivity contribution in [3.63, 3.8) is 0 Å². The van der Waals surface area contributed by atoms with Crippen molar-refractivity contribution in [2.45, 2.75) is 6.42 Å². The Morgan fingerprint density at radius 1 is 1.36 bits per heavy atom. The fourth-order valence-corrected chi connectivity index (χ4v) is 3.73. The molecule has 3 aromatic rings. The fourth-order valence-electron chi connectivity index (χ4n) is 3.73. The summed E-state index contributed by atoms with van der Waals surface area (Å²) in [6.45, 7) is 1.57. The van der Waals surface area contributed by atoms with Crippen molar-refractivity contribution in [1.82, 2.24) is 15.0 Å². The molecule has 1 aromatic carbocycles. The summed E-state index contributed by atoms with van der Waals surface area (Å²) in [6, 6.07) is 5.66. The molecule has 1 saturated heterocycles. The van der Waals surface area contributed by atoms with Crippen molar-refractivity contribution in [3.8, 4) is 17.0 Å². The van der Waals surface area contributed by atoms with Gasteiger partial charge in [-0.15, -0.1) is 0 Å². The van der Waals surface area contributed by atoms with E-state index in [4.69, 9.17) is 9.47 Å². The summed E-state index contributed by atoms with van der Waals surface area (Å²) in [5, 5.41) is 9.52. The summed E-state index contributed by atoms with van der Waals surface area (Å²) < 4.78 is 10.2. The molecule has 0 radical (unpaired) electrons. The molecule has 1 aliphatic heterocycles. The van der Waals surface area contributed by atoms with Gasteiger partial charge in [0.15, 0.2) is 0 Å². The number of nitrogens with one attached hydrogen (secondary N) is 1. The van der Waals surface area contributed by atoms with E-state index in [1.807, 2.05) is 12.1 Å². The maximum atomic E-state index is 12.6. The molecule has 1 aliphatic rings. The average molecular weight is 382 g/mol. The minimum Gasteiger partial charge on any atom is -0.481 e. The maximum Gasteiger partial charge on any atom is 0.342 e. The van der Waals surface area contributed by atoms with E-state index in [-0.39, 0.29) is 12.5 Å². The van der Waals surface area contributed by atoms with Crippen LogP contribution in [0, 0.1) is 5.92 Å². The molecule has 0 bridgehead atoms. The number of ether oxygens (including phenoxy) is 2. The molecule has 0 unspecified atom stereocenters. The van der Waals surface area contributed by atoms with E-state index in [9.17, 15) is 9.90 Å². The van der Waals surface area contributed by atoms with Crippen molar-refractivity contribution in [2.24, 2.45) is 5.92 Å². The predicted octanol–water partition coefficient (Wildman–Crippen LogP) is 2.24. The second kappa shape index (κ2) is 7.47. The van der Waals surface area contributed by atoms with Crippen LogP contribution in [0.15, 0.2) is 30.7 Å². The van der Waals surface area contributed by atoms with E-state index in [0.717, 1.165) is 29.8 Å². The first-order valence-electron chi connectivity index (χ1n) is 9.10. The average Bonchev–Trinajstić information content (AvgIpc) is 3.41. The number of aromatic nitrogens is 3. The number of aliphatic hydroxyl groups excluding tert-OH is 1. The van der Waals surface area contributed by atoms with Gasteiger partial charge >= 0.3 is 5.97 Å². The molecule has 1 fully saturated rings. The molecule has 3 heterocycles. The van der Waals surface area contributed by atoms with Crippen molar-refractivity contribution < 1.29 is 19.4 Å². The van der Waals surface area contributed by atoms with Gasteiger partial charge < -0.3 is 24.5 Å². The van der Waals surface area contributed by atoms with Crippen LogP contribution in [0.2, 0.25) is 0 Å². The van der Waals surface area contributed by atoms with Gasteiger partial charge in [0, 0.05) is 49.0 Å². The number of H-pyrrole nitrogens is 1. The fraction of sp³-hybridized carbons (Fsp3) is 0.350. The van der Waals surface area contributed by atoms with Crippen molar-refractivity contribution in [1.29, 1.82) is 0 Å². The van der Waals surface area contributed by atoms with Gasteiger partial charge in [-0.1, -0.05) is 0 Å². The number of anilines is 1. The van der Waals surface area contributed by atoms with Crippen molar-refractivity contribution in [3.05, 3.63) is 36.3 Å². The molecule has 1 atom stereocenters. The van der Waals surface area contributed by atoms with Crippen LogP contribution in [0.5, 0.6) is 5.88 Å². The Morgan fingerprint density at radius 2 is 2.21 bits per heavy atom. The largest absolute Gasteiger partial charge is 0.481 e. The van der Waals surface area contributed by atoms with E-state index in [0.29, 0.717) is 29.0 Å². The molecule has 0 aliphatic carbocycles. The number of methoxy groups -OCH3 is 2. The van der Waals surface area contributed by atoms with Gasteiger partial charge in [-0.3, -0.25) is 0 Å². The number of nitrogens with zero attached hydrogens (tertiary/aromatic N) is 3. The Balaban J connectivity index is 1.91. The molecular weight excluding hydrogens is 360 g/mol. The number of rotatable bonds is 5. The number of benzene rings is 1. The number of carbonyl (C=O) groups excluding carboxylic acids is 1. The number of fused-ring (bicyclic) bond motifs is 1. The van der Waals surface area contributed by atoms with Crippen LogP contribution in [0.1, 0.15) is 16.8 Å². The molecule has 2 aromatic heterocycles. The minimum atomic E-state index is -0.420. The first kappa shape index (κ1) is 18.2. The molecule has 2 N–H and O–H groups in total. The summed E-state index contributed by atoms with van der Waals surface area (Å²) in [5.41, 5.74) is 4.26. The number of hydrogen-bond acceptors (Lipinski definition) is 7. The lowest BCUT2D eigenvalue weighted by molar-refractivity contribution is 0.0603. The van der Waals surface area contributed by atoms with Crippen LogP contribution in [-0.4, -0.2) is 59.9 Å². The lowest BCUT2D eigenvalue weighted by atomic mass is 10.00. The van der Waals surface area contributed by atoms with Gasteiger partial charge in [-0.2, -0.15) is 0 Å². The third-order valence-electron chi connectivity index (χ3n) is 5.21. The predicted molar refractivity (Wildman–Crippen MR) is 105 cm³/mol. The summed E-state index contributed by atoms with van der Waals surface area (Å²) in [7, 11) is 2.94. The molecule has 0 amide bonds. The van der Waals surface area contributed by atoms with Crippen LogP contribution in [-0.2, 0) is 4.74 Å². The molecule has 8 heteroatoms. The summed E-state index contributed by atoms with van der Waals surface area (Å²) >= 11 is 0. The monoisotopic (exact) mass is 382 g/mol. The molecule has 28 heavy (non-hydrogen) atoms. The van der Waals surface area contributed by atoms with Gasteiger partial charge in [0.05, 0.1) is 37.3 Å². The molecular formula is C20H22N4O4. The number of esters is 1. The van der Waals surface area contributed by atoms with Gasteiger partial charge in [0.1, 0.15) is 5.56 Å². The summed E-state index contributed by atoms with van der Waals surface area (Å²) in [4.78, 5) is 26.5. The Labute approximate surface area is 162 Å². The molecule has 0 saturated carbocycles. The second-order valence-corrected chi connectivity index (χ2v) is 6.81. The summed E-state index contributed by atoms with van der Waals surface area (Å²) in [5.74, 6) is 0.295. The lowest BCUT2D eigenvalue weighted by Gasteiger charge is -2.23. The minimum absolute atomic E-state index is 0.131. The number of carbonyl (C=O) groups is 1. The highest BCUT2D eigenvalue weighted by Gasteiger charge is 2.29. The maximum absolute atomic E-state index is 12.6. The lowest BCUT2D eigenvalue weighted by Crippen LogP contribution is -2.23. The third-order valence-corrected chi connectivity index (χ3v) is 5.21.